The first-order valence-electron chi connectivity index (χ1n) is 7.87. The molecule has 2 rings (SSSR count). The molecule has 106 valence electrons. The minimum Gasteiger partial charge on any atom is -0.392 e. The Balaban J connectivity index is 2.06. The summed E-state index contributed by atoms with van der Waals surface area (Å²) in [6.07, 6.45) is 3.98. The van der Waals surface area contributed by atoms with Gasteiger partial charge in [0.15, 0.2) is 0 Å². The van der Waals surface area contributed by atoms with E-state index in [1.54, 1.807) is 0 Å². The molecule has 0 aromatic rings. The number of aliphatic hydroxyl groups is 2. The Morgan fingerprint density at radius 1 is 0.889 bits per heavy atom. The van der Waals surface area contributed by atoms with Gasteiger partial charge in [0.25, 0.3) is 0 Å². The summed E-state index contributed by atoms with van der Waals surface area (Å²) in [6.45, 7) is 8.88. The number of hydrogen-bond donors (Lipinski definition) is 2. The Morgan fingerprint density at radius 2 is 1.28 bits per heavy atom. The van der Waals surface area contributed by atoms with Crippen LogP contribution in [-0.4, -0.2) is 22.4 Å². The van der Waals surface area contributed by atoms with Crippen LogP contribution in [0.5, 0.6) is 0 Å². The predicted molar refractivity (Wildman–Crippen MR) is 74.1 cm³/mol. The van der Waals surface area contributed by atoms with Crippen LogP contribution < -0.4 is 0 Å². The Kier molecular flexibility index (Phi) is 4.38. The van der Waals surface area contributed by atoms with Crippen molar-refractivity contribution in [2.24, 2.45) is 35.5 Å². The number of rotatable bonds is 4. The van der Waals surface area contributed by atoms with Crippen molar-refractivity contribution in [1.82, 2.24) is 0 Å². The fraction of sp³-hybridized carbons (Fsp3) is 1.00. The number of fused-ring (bicyclic) bond motifs is 1. The van der Waals surface area contributed by atoms with Crippen LogP contribution in [0.1, 0.15) is 53.4 Å². The maximum absolute atomic E-state index is 10.5. The standard InChI is InChI=1S/C16H30O2/c1-5-9(3)12-7-11-8-13(10(4)6-2)16(18)14(11)15(12)17/h9-18H,5-8H2,1-4H3/t9?,10?,11?,12-,13+,14?,15?,16?. The molecular weight excluding hydrogens is 224 g/mol. The highest BCUT2D eigenvalue weighted by molar-refractivity contribution is 5.03. The average Bonchev–Trinajstić information content (AvgIpc) is 2.86. The van der Waals surface area contributed by atoms with Gasteiger partial charge in [-0.3, -0.25) is 0 Å². The quantitative estimate of drug-likeness (QED) is 0.809. The van der Waals surface area contributed by atoms with Crippen molar-refractivity contribution in [1.29, 1.82) is 0 Å². The van der Waals surface area contributed by atoms with Crippen molar-refractivity contribution in [2.45, 2.75) is 65.6 Å². The predicted octanol–water partition coefficient (Wildman–Crippen LogP) is 3.07. The third kappa shape index (κ3) is 2.22. The molecular formula is C16H30O2. The fourth-order valence-electron chi connectivity index (χ4n) is 4.46. The smallest absolute Gasteiger partial charge is 0.0626 e. The van der Waals surface area contributed by atoms with Crippen LogP contribution in [0.2, 0.25) is 0 Å². The summed E-state index contributed by atoms with van der Waals surface area (Å²) in [4.78, 5) is 0. The minimum absolute atomic E-state index is 0.156. The van der Waals surface area contributed by atoms with Gasteiger partial charge in [0.1, 0.15) is 0 Å². The molecule has 0 amide bonds. The van der Waals surface area contributed by atoms with Crippen LogP contribution in [0.4, 0.5) is 0 Å². The van der Waals surface area contributed by atoms with Crippen LogP contribution >= 0.6 is 0 Å². The van der Waals surface area contributed by atoms with Crippen molar-refractivity contribution in [3.8, 4) is 0 Å². The van der Waals surface area contributed by atoms with Gasteiger partial charge in [-0.2, -0.15) is 0 Å². The maximum Gasteiger partial charge on any atom is 0.0626 e. The van der Waals surface area contributed by atoms with E-state index < -0.39 is 0 Å². The van der Waals surface area contributed by atoms with Gasteiger partial charge in [0, 0.05) is 5.92 Å². The zero-order valence-corrected chi connectivity index (χ0v) is 12.3. The van der Waals surface area contributed by atoms with Crippen LogP contribution in [0.25, 0.3) is 0 Å². The molecule has 0 heterocycles. The molecule has 0 saturated heterocycles. The highest BCUT2D eigenvalue weighted by atomic mass is 16.3. The van der Waals surface area contributed by atoms with Gasteiger partial charge in [-0.05, 0) is 42.4 Å². The van der Waals surface area contributed by atoms with Crippen molar-refractivity contribution >= 4 is 0 Å². The molecule has 0 aromatic heterocycles. The lowest BCUT2D eigenvalue weighted by Crippen LogP contribution is -2.35. The molecule has 0 bridgehead atoms. The van der Waals surface area contributed by atoms with Gasteiger partial charge >= 0.3 is 0 Å². The van der Waals surface area contributed by atoms with Gasteiger partial charge in [-0.1, -0.05) is 40.5 Å². The van der Waals surface area contributed by atoms with Crippen molar-refractivity contribution in [2.75, 3.05) is 0 Å². The first-order valence-corrected chi connectivity index (χ1v) is 7.87. The van der Waals surface area contributed by atoms with Crippen molar-refractivity contribution in [3.63, 3.8) is 0 Å². The van der Waals surface area contributed by atoms with Gasteiger partial charge < -0.3 is 10.2 Å². The van der Waals surface area contributed by atoms with Gasteiger partial charge in [0.2, 0.25) is 0 Å². The molecule has 2 saturated carbocycles. The van der Waals surface area contributed by atoms with E-state index >= 15 is 0 Å². The second-order valence-corrected chi connectivity index (χ2v) is 6.89. The summed E-state index contributed by atoms with van der Waals surface area (Å²) in [6, 6.07) is 0. The maximum atomic E-state index is 10.5. The second kappa shape index (κ2) is 5.50. The second-order valence-electron chi connectivity index (χ2n) is 6.89. The van der Waals surface area contributed by atoms with Gasteiger partial charge in [-0.15, -0.1) is 0 Å². The first-order chi connectivity index (χ1) is 8.51. The SMILES string of the molecule is CCC(C)[C@H]1CC2C[C@@H](C(C)CC)C(O)C2C1O. The molecule has 2 aliphatic carbocycles. The zero-order chi connectivity index (χ0) is 13.4. The van der Waals surface area contributed by atoms with E-state index in [2.05, 4.69) is 27.7 Å². The summed E-state index contributed by atoms with van der Waals surface area (Å²) < 4.78 is 0. The topological polar surface area (TPSA) is 40.5 Å². The lowest BCUT2D eigenvalue weighted by atomic mass is 9.81. The summed E-state index contributed by atoms with van der Waals surface area (Å²) >= 11 is 0. The Labute approximate surface area is 112 Å². The van der Waals surface area contributed by atoms with Crippen LogP contribution in [0, 0.1) is 35.5 Å². The Morgan fingerprint density at radius 3 is 1.56 bits per heavy atom. The van der Waals surface area contributed by atoms with Crippen molar-refractivity contribution in [3.05, 3.63) is 0 Å². The lowest BCUT2D eigenvalue weighted by molar-refractivity contribution is -0.0139. The van der Waals surface area contributed by atoms with Gasteiger partial charge in [-0.25, -0.2) is 0 Å². The molecule has 18 heavy (non-hydrogen) atoms. The van der Waals surface area contributed by atoms with E-state index in [0.717, 1.165) is 25.7 Å². The highest BCUT2D eigenvalue weighted by Crippen LogP contribution is 2.53. The van der Waals surface area contributed by atoms with Crippen LogP contribution in [0.15, 0.2) is 0 Å². The molecule has 0 radical (unpaired) electrons. The molecule has 2 nitrogen and oxygen atoms in total. The molecule has 2 aliphatic rings. The molecule has 2 heteroatoms. The summed E-state index contributed by atoms with van der Waals surface area (Å²) in [5.74, 6) is 2.71. The van der Waals surface area contributed by atoms with E-state index in [-0.39, 0.29) is 18.1 Å². The molecule has 0 aromatic carbocycles. The first kappa shape index (κ1) is 14.3. The van der Waals surface area contributed by atoms with E-state index in [1.807, 2.05) is 0 Å². The Hall–Kier alpha value is -0.0800. The average molecular weight is 254 g/mol. The van der Waals surface area contributed by atoms with Crippen LogP contribution in [0.3, 0.4) is 0 Å². The largest absolute Gasteiger partial charge is 0.392 e. The Bertz CT molecular complexity index is 252. The molecule has 6 unspecified atom stereocenters. The third-order valence-corrected chi connectivity index (χ3v) is 6.11. The fourth-order valence-corrected chi connectivity index (χ4v) is 4.46. The van der Waals surface area contributed by atoms with E-state index in [4.69, 9.17) is 0 Å². The van der Waals surface area contributed by atoms with Gasteiger partial charge in [0.05, 0.1) is 12.2 Å². The van der Waals surface area contributed by atoms with Crippen LogP contribution in [-0.2, 0) is 0 Å². The third-order valence-electron chi connectivity index (χ3n) is 6.11. The normalized spacial score (nSPS) is 47.0. The van der Waals surface area contributed by atoms with E-state index in [9.17, 15) is 10.2 Å². The summed E-state index contributed by atoms with van der Waals surface area (Å²) in [7, 11) is 0. The lowest BCUT2D eigenvalue weighted by Gasteiger charge is -2.29. The molecule has 2 fully saturated rings. The summed E-state index contributed by atoms with van der Waals surface area (Å²) in [5, 5.41) is 21.1. The zero-order valence-electron chi connectivity index (χ0n) is 12.3. The number of aliphatic hydroxyl groups excluding tert-OH is 2. The van der Waals surface area contributed by atoms with E-state index in [0.29, 0.717) is 29.6 Å². The minimum atomic E-state index is -0.269. The molecule has 8 atom stereocenters. The van der Waals surface area contributed by atoms with E-state index in [1.165, 1.54) is 0 Å². The molecule has 0 aliphatic heterocycles. The molecule has 0 spiro atoms. The monoisotopic (exact) mass is 254 g/mol. The molecule has 2 N–H and O–H groups in total. The van der Waals surface area contributed by atoms with Crippen molar-refractivity contribution < 1.29 is 10.2 Å². The summed E-state index contributed by atoms with van der Waals surface area (Å²) in [5.41, 5.74) is 0. The number of hydrogen-bond acceptors (Lipinski definition) is 2. The highest BCUT2D eigenvalue weighted by Gasteiger charge is 2.54.